The number of anilines is 1. The molecule has 3 rings (SSSR count). The predicted octanol–water partition coefficient (Wildman–Crippen LogP) is 5.28. The number of hydrogen-bond donors (Lipinski definition) is 0. The summed E-state index contributed by atoms with van der Waals surface area (Å²) in [4.78, 5) is 4.99. The molecular weight excluding hydrogens is 362 g/mol. The molecule has 0 saturated carbocycles. The van der Waals surface area contributed by atoms with E-state index in [1.54, 1.807) is 6.26 Å². The first-order chi connectivity index (χ1) is 14.2. The zero-order chi connectivity index (χ0) is 21.2. The van der Waals surface area contributed by atoms with Crippen LogP contribution in [0.5, 0.6) is 0 Å². The van der Waals surface area contributed by atoms with E-state index in [1.165, 1.54) is 18.5 Å². The summed E-state index contributed by atoms with van der Waals surface area (Å²) in [6, 6.07) is 12.6. The lowest BCUT2D eigenvalue weighted by Crippen LogP contribution is -2.46. The van der Waals surface area contributed by atoms with Crippen molar-refractivity contribution < 1.29 is 9.26 Å². The van der Waals surface area contributed by atoms with E-state index in [0.717, 1.165) is 57.9 Å². The molecule has 164 valence electrons. The summed E-state index contributed by atoms with van der Waals surface area (Å²) in [6.07, 6.45) is 6.01. The van der Waals surface area contributed by atoms with Crippen molar-refractivity contribution in [3.8, 4) is 0 Å². The summed E-state index contributed by atoms with van der Waals surface area (Å²) in [5, 5.41) is 3.87. The molecule has 2 heterocycles. The second-order valence-electron chi connectivity index (χ2n) is 7.29. The number of rotatable bonds is 8. The van der Waals surface area contributed by atoms with Gasteiger partial charge in [0, 0.05) is 57.5 Å². The molecule has 0 bridgehead atoms. The van der Waals surface area contributed by atoms with Gasteiger partial charge in [-0.05, 0) is 18.6 Å². The van der Waals surface area contributed by atoms with Gasteiger partial charge in [0.15, 0.2) is 0 Å². The Morgan fingerprint density at radius 1 is 0.897 bits per heavy atom. The van der Waals surface area contributed by atoms with Crippen LogP contribution >= 0.6 is 0 Å². The van der Waals surface area contributed by atoms with Crippen LogP contribution in [0.2, 0.25) is 0 Å². The number of aromatic nitrogens is 1. The van der Waals surface area contributed by atoms with Crippen LogP contribution < -0.4 is 4.90 Å². The van der Waals surface area contributed by atoms with E-state index < -0.39 is 0 Å². The average molecular weight is 404 g/mol. The van der Waals surface area contributed by atoms with Gasteiger partial charge in [-0.2, -0.15) is 0 Å². The summed E-state index contributed by atoms with van der Waals surface area (Å²) in [5.41, 5.74) is 2.30. The molecule has 0 N–H and O–H groups in total. The van der Waals surface area contributed by atoms with Crippen LogP contribution in [-0.2, 0) is 11.2 Å². The molecule has 1 fully saturated rings. The first-order valence-corrected chi connectivity index (χ1v) is 11.2. The molecule has 1 aromatic carbocycles. The highest BCUT2D eigenvalue weighted by atomic mass is 16.5. The SMILES string of the molecule is CCC.CCC.c1ccc(N2CCN(CCCOCCc3ccon3)CC2)cc1. The van der Waals surface area contributed by atoms with Gasteiger partial charge < -0.3 is 14.2 Å². The standard InChI is InChI=1S/C18H25N3O2.2C3H8/c1-2-5-18(6-3-1)21-12-10-20(11-13-21)9-4-14-22-15-7-17-8-16-23-19-17;2*1-3-2/h1-3,5-6,8,16H,4,7,9-15H2;2*3H2,1-2H3. The fraction of sp³-hybridized carbons (Fsp3) is 0.625. The van der Waals surface area contributed by atoms with E-state index in [-0.39, 0.29) is 0 Å². The molecule has 0 amide bonds. The van der Waals surface area contributed by atoms with Gasteiger partial charge in [0.25, 0.3) is 0 Å². The van der Waals surface area contributed by atoms with Crippen molar-refractivity contribution in [3.63, 3.8) is 0 Å². The van der Waals surface area contributed by atoms with E-state index in [9.17, 15) is 0 Å². The second-order valence-corrected chi connectivity index (χ2v) is 7.29. The molecule has 1 aliphatic rings. The topological polar surface area (TPSA) is 41.7 Å². The molecule has 2 aromatic rings. The normalized spacial score (nSPS) is 13.9. The van der Waals surface area contributed by atoms with Crippen molar-refractivity contribution in [2.24, 2.45) is 0 Å². The van der Waals surface area contributed by atoms with Crippen LogP contribution in [0.15, 0.2) is 47.2 Å². The molecule has 0 spiro atoms. The summed E-state index contributed by atoms with van der Waals surface area (Å²) < 4.78 is 10.5. The molecular formula is C24H41N3O2. The maximum atomic E-state index is 5.67. The van der Waals surface area contributed by atoms with Gasteiger partial charge in [-0.25, -0.2) is 0 Å². The lowest BCUT2D eigenvalue weighted by Gasteiger charge is -2.36. The molecule has 0 radical (unpaired) electrons. The maximum Gasteiger partial charge on any atom is 0.124 e. The zero-order valence-electron chi connectivity index (χ0n) is 19.0. The summed E-state index contributed by atoms with van der Waals surface area (Å²) >= 11 is 0. The van der Waals surface area contributed by atoms with Gasteiger partial charge in [-0.15, -0.1) is 0 Å². The van der Waals surface area contributed by atoms with Gasteiger partial charge in [0.05, 0.1) is 12.3 Å². The maximum absolute atomic E-state index is 5.67. The fourth-order valence-electron chi connectivity index (χ4n) is 2.90. The van der Waals surface area contributed by atoms with E-state index >= 15 is 0 Å². The quantitative estimate of drug-likeness (QED) is 0.561. The van der Waals surface area contributed by atoms with E-state index in [2.05, 4.69) is 73.0 Å². The number of hydrogen-bond acceptors (Lipinski definition) is 5. The van der Waals surface area contributed by atoms with Gasteiger partial charge in [-0.3, -0.25) is 4.90 Å². The molecule has 29 heavy (non-hydrogen) atoms. The highest BCUT2D eigenvalue weighted by Gasteiger charge is 2.16. The van der Waals surface area contributed by atoms with E-state index in [0.29, 0.717) is 6.61 Å². The largest absolute Gasteiger partial charge is 0.381 e. The lowest BCUT2D eigenvalue weighted by molar-refractivity contribution is 0.121. The smallest absolute Gasteiger partial charge is 0.124 e. The third kappa shape index (κ3) is 11.7. The van der Waals surface area contributed by atoms with Crippen LogP contribution in [0.3, 0.4) is 0 Å². The van der Waals surface area contributed by atoms with Crippen molar-refractivity contribution in [1.82, 2.24) is 10.1 Å². The summed E-state index contributed by atoms with van der Waals surface area (Å²) in [5.74, 6) is 0. The number of ether oxygens (including phenoxy) is 1. The highest BCUT2D eigenvalue weighted by molar-refractivity contribution is 5.46. The lowest BCUT2D eigenvalue weighted by atomic mass is 10.2. The van der Waals surface area contributed by atoms with Crippen molar-refractivity contribution in [2.75, 3.05) is 50.8 Å². The van der Waals surface area contributed by atoms with E-state index in [4.69, 9.17) is 9.26 Å². The highest BCUT2D eigenvalue weighted by Crippen LogP contribution is 2.15. The van der Waals surface area contributed by atoms with Crippen LogP contribution in [0.1, 0.15) is 52.7 Å². The average Bonchev–Trinajstić information content (AvgIpc) is 3.26. The van der Waals surface area contributed by atoms with Crippen molar-refractivity contribution >= 4 is 5.69 Å². The first kappa shape index (κ1) is 25.2. The summed E-state index contributed by atoms with van der Waals surface area (Å²) in [7, 11) is 0. The van der Waals surface area contributed by atoms with Crippen LogP contribution in [0.4, 0.5) is 5.69 Å². The summed E-state index contributed by atoms with van der Waals surface area (Å²) in [6.45, 7) is 15.6. The Morgan fingerprint density at radius 3 is 2.14 bits per heavy atom. The minimum absolute atomic E-state index is 0.717. The molecule has 0 atom stereocenters. The number of benzene rings is 1. The predicted molar refractivity (Wildman–Crippen MR) is 123 cm³/mol. The molecule has 1 aliphatic heterocycles. The second kappa shape index (κ2) is 17.0. The van der Waals surface area contributed by atoms with Crippen LogP contribution in [0.25, 0.3) is 0 Å². The molecule has 5 heteroatoms. The Labute approximate surface area is 178 Å². The Balaban J connectivity index is 0.000000626. The Hall–Kier alpha value is -1.85. The number of para-hydroxylation sites is 1. The minimum atomic E-state index is 0.717. The molecule has 0 unspecified atom stereocenters. The number of nitrogens with zero attached hydrogens (tertiary/aromatic N) is 3. The van der Waals surface area contributed by atoms with E-state index in [1.807, 2.05) is 6.07 Å². The van der Waals surface area contributed by atoms with Crippen molar-refractivity contribution in [1.29, 1.82) is 0 Å². The van der Waals surface area contributed by atoms with Gasteiger partial charge >= 0.3 is 0 Å². The van der Waals surface area contributed by atoms with Gasteiger partial charge in [0.1, 0.15) is 6.26 Å². The fourth-order valence-corrected chi connectivity index (χ4v) is 2.90. The van der Waals surface area contributed by atoms with Gasteiger partial charge in [-0.1, -0.05) is 63.9 Å². The molecule has 1 saturated heterocycles. The van der Waals surface area contributed by atoms with Crippen molar-refractivity contribution in [2.45, 2.75) is 53.4 Å². The third-order valence-corrected chi connectivity index (χ3v) is 4.25. The van der Waals surface area contributed by atoms with Crippen molar-refractivity contribution in [3.05, 3.63) is 48.4 Å². The Kier molecular flexibility index (Phi) is 14.8. The monoisotopic (exact) mass is 403 g/mol. The number of piperazine rings is 1. The zero-order valence-corrected chi connectivity index (χ0v) is 19.0. The Morgan fingerprint density at radius 2 is 1.55 bits per heavy atom. The van der Waals surface area contributed by atoms with Crippen LogP contribution in [0, 0.1) is 0 Å². The molecule has 1 aromatic heterocycles. The Bertz CT molecular complexity index is 565. The minimum Gasteiger partial charge on any atom is -0.381 e. The molecule has 5 nitrogen and oxygen atoms in total. The first-order valence-electron chi connectivity index (χ1n) is 11.2. The van der Waals surface area contributed by atoms with Crippen LogP contribution in [-0.4, -0.2) is 56.0 Å². The molecule has 0 aliphatic carbocycles. The third-order valence-electron chi connectivity index (χ3n) is 4.25. The van der Waals surface area contributed by atoms with Gasteiger partial charge in [0.2, 0.25) is 0 Å².